The molecule has 0 aliphatic heterocycles. The van der Waals surface area contributed by atoms with Gasteiger partial charge in [0.2, 0.25) is 0 Å². The van der Waals surface area contributed by atoms with Gasteiger partial charge in [0, 0.05) is 6.66 Å². The van der Waals surface area contributed by atoms with E-state index in [2.05, 4.69) is 26.0 Å². The highest BCUT2D eigenvalue weighted by Gasteiger charge is 2.06. The molecular weight excluding hydrogens is 219 g/mol. The molecule has 3 heteroatoms. The Morgan fingerprint density at radius 3 is 2.50 bits per heavy atom. The van der Waals surface area contributed by atoms with Crippen LogP contribution in [0.15, 0.2) is 30.3 Å². The van der Waals surface area contributed by atoms with Crippen molar-refractivity contribution in [3.8, 4) is 0 Å². The van der Waals surface area contributed by atoms with Gasteiger partial charge in [0.25, 0.3) is 0 Å². The predicted octanol–water partition coefficient (Wildman–Crippen LogP) is 4.21. The van der Waals surface area contributed by atoms with Crippen LogP contribution in [0.1, 0.15) is 25.8 Å². The summed E-state index contributed by atoms with van der Waals surface area (Å²) in [6, 6.07) is 10.2. The van der Waals surface area contributed by atoms with Gasteiger partial charge >= 0.3 is 0 Å². The second kappa shape index (κ2) is 7.78. The van der Waals surface area contributed by atoms with Crippen LogP contribution in [0.4, 0.5) is 0 Å². The molecular formula is C13H21O2P. The highest BCUT2D eigenvalue weighted by Crippen LogP contribution is 2.35. The molecule has 0 bridgehead atoms. The van der Waals surface area contributed by atoms with Gasteiger partial charge in [-0.1, -0.05) is 50.6 Å². The van der Waals surface area contributed by atoms with E-state index in [0.717, 1.165) is 13.0 Å². The first-order chi connectivity index (χ1) is 7.72. The molecule has 1 aromatic carbocycles. The summed E-state index contributed by atoms with van der Waals surface area (Å²) in [5, 5.41) is 0. The first kappa shape index (κ1) is 13.6. The van der Waals surface area contributed by atoms with E-state index < -0.39 is 8.38 Å². The summed E-state index contributed by atoms with van der Waals surface area (Å²) in [7, 11) is -0.742. The maximum absolute atomic E-state index is 5.67. The minimum atomic E-state index is -0.742. The average Bonchev–Trinajstić information content (AvgIpc) is 2.34. The maximum atomic E-state index is 5.67. The van der Waals surface area contributed by atoms with Gasteiger partial charge in [-0.25, -0.2) is 0 Å². The normalized spacial score (nSPS) is 14.7. The summed E-state index contributed by atoms with van der Waals surface area (Å²) in [5.74, 6) is 0.616. The van der Waals surface area contributed by atoms with Crippen molar-refractivity contribution < 1.29 is 9.05 Å². The summed E-state index contributed by atoms with van der Waals surface area (Å²) in [4.78, 5) is 0. The van der Waals surface area contributed by atoms with E-state index in [-0.39, 0.29) is 0 Å². The van der Waals surface area contributed by atoms with Gasteiger partial charge in [-0.3, -0.25) is 0 Å². The average molecular weight is 240 g/mol. The van der Waals surface area contributed by atoms with Gasteiger partial charge in [0.1, 0.15) is 0 Å². The molecule has 0 spiro atoms. The molecule has 0 aliphatic carbocycles. The zero-order chi connectivity index (χ0) is 11.8. The Labute approximate surface area is 99.9 Å². The fraction of sp³-hybridized carbons (Fsp3) is 0.538. The summed E-state index contributed by atoms with van der Waals surface area (Å²) in [6.45, 7) is 7.83. The van der Waals surface area contributed by atoms with E-state index in [0.29, 0.717) is 12.5 Å². The SMILES string of the molecule is CCC(C)COP(C)OCc1ccccc1. The topological polar surface area (TPSA) is 18.5 Å². The molecule has 2 nitrogen and oxygen atoms in total. The molecule has 0 saturated heterocycles. The summed E-state index contributed by atoms with van der Waals surface area (Å²) in [5.41, 5.74) is 1.20. The molecule has 1 rings (SSSR count). The Morgan fingerprint density at radius 1 is 1.19 bits per heavy atom. The van der Waals surface area contributed by atoms with Gasteiger partial charge in [-0.2, -0.15) is 0 Å². The monoisotopic (exact) mass is 240 g/mol. The first-order valence-electron chi connectivity index (χ1n) is 5.75. The molecule has 0 aromatic heterocycles. The van der Waals surface area contributed by atoms with Gasteiger partial charge in [0.05, 0.1) is 13.2 Å². The Kier molecular flexibility index (Phi) is 6.63. The lowest BCUT2D eigenvalue weighted by Crippen LogP contribution is -2.02. The number of hydrogen-bond donors (Lipinski definition) is 0. The highest BCUT2D eigenvalue weighted by atomic mass is 31.2. The van der Waals surface area contributed by atoms with Gasteiger partial charge in [-0.05, 0) is 11.5 Å². The quantitative estimate of drug-likeness (QED) is 0.665. The molecule has 2 unspecified atom stereocenters. The molecule has 0 fully saturated rings. The number of rotatable bonds is 7. The van der Waals surface area contributed by atoms with Crippen molar-refractivity contribution in [1.29, 1.82) is 0 Å². The third kappa shape index (κ3) is 5.60. The van der Waals surface area contributed by atoms with Crippen molar-refractivity contribution in [2.24, 2.45) is 5.92 Å². The zero-order valence-corrected chi connectivity index (χ0v) is 11.2. The third-order valence-electron chi connectivity index (χ3n) is 2.49. The van der Waals surface area contributed by atoms with Crippen molar-refractivity contribution in [3.05, 3.63) is 35.9 Å². The third-order valence-corrected chi connectivity index (χ3v) is 3.50. The molecule has 0 aliphatic rings. The van der Waals surface area contributed by atoms with Crippen LogP contribution in [0.3, 0.4) is 0 Å². The molecule has 16 heavy (non-hydrogen) atoms. The van der Waals surface area contributed by atoms with E-state index in [1.54, 1.807) is 0 Å². The maximum Gasteiger partial charge on any atom is 0.167 e. The van der Waals surface area contributed by atoms with E-state index in [1.807, 2.05) is 24.9 Å². The second-order valence-electron chi connectivity index (χ2n) is 4.01. The van der Waals surface area contributed by atoms with Crippen LogP contribution in [0.2, 0.25) is 0 Å². The van der Waals surface area contributed by atoms with Crippen molar-refractivity contribution in [1.82, 2.24) is 0 Å². The highest BCUT2D eigenvalue weighted by molar-refractivity contribution is 7.46. The molecule has 0 amide bonds. The van der Waals surface area contributed by atoms with Gasteiger partial charge in [0.15, 0.2) is 8.38 Å². The fourth-order valence-corrected chi connectivity index (χ4v) is 2.00. The molecule has 1 aromatic rings. The second-order valence-corrected chi connectivity index (χ2v) is 5.40. The van der Waals surface area contributed by atoms with E-state index in [9.17, 15) is 0 Å². The smallest absolute Gasteiger partial charge is 0.167 e. The Morgan fingerprint density at radius 2 is 1.88 bits per heavy atom. The zero-order valence-electron chi connectivity index (χ0n) is 10.3. The van der Waals surface area contributed by atoms with Gasteiger partial charge in [-0.15, -0.1) is 0 Å². The molecule has 0 heterocycles. The Balaban J connectivity index is 2.18. The molecule has 2 atom stereocenters. The van der Waals surface area contributed by atoms with E-state index in [4.69, 9.17) is 9.05 Å². The Hall–Kier alpha value is -0.430. The predicted molar refractivity (Wildman–Crippen MR) is 69.5 cm³/mol. The lowest BCUT2D eigenvalue weighted by Gasteiger charge is -2.15. The van der Waals surface area contributed by atoms with Crippen LogP contribution in [-0.4, -0.2) is 13.3 Å². The van der Waals surface area contributed by atoms with Crippen LogP contribution in [0, 0.1) is 5.92 Å². The summed E-state index contributed by atoms with van der Waals surface area (Å²) < 4.78 is 11.3. The summed E-state index contributed by atoms with van der Waals surface area (Å²) >= 11 is 0. The van der Waals surface area contributed by atoms with Crippen LogP contribution >= 0.6 is 8.38 Å². The number of hydrogen-bond acceptors (Lipinski definition) is 2. The first-order valence-corrected chi connectivity index (χ1v) is 7.38. The van der Waals surface area contributed by atoms with Crippen LogP contribution in [0.5, 0.6) is 0 Å². The van der Waals surface area contributed by atoms with Gasteiger partial charge < -0.3 is 9.05 Å². The minimum Gasteiger partial charge on any atom is -0.334 e. The van der Waals surface area contributed by atoms with E-state index in [1.165, 1.54) is 5.56 Å². The van der Waals surface area contributed by atoms with Crippen molar-refractivity contribution in [2.45, 2.75) is 26.9 Å². The molecule has 90 valence electrons. The van der Waals surface area contributed by atoms with Crippen LogP contribution in [-0.2, 0) is 15.7 Å². The van der Waals surface area contributed by atoms with Crippen molar-refractivity contribution in [3.63, 3.8) is 0 Å². The van der Waals surface area contributed by atoms with Crippen molar-refractivity contribution in [2.75, 3.05) is 13.3 Å². The standard InChI is InChI=1S/C13H21O2P/c1-4-12(2)10-14-16(3)15-11-13-8-6-5-7-9-13/h5-9,12H,4,10-11H2,1-3H3. The largest absolute Gasteiger partial charge is 0.334 e. The van der Waals surface area contributed by atoms with Crippen LogP contribution < -0.4 is 0 Å². The molecule has 0 saturated carbocycles. The van der Waals surface area contributed by atoms with E-state index >= 15 is 0 Å². The van der Waals surface area contributed by atoms with Crippen molar-refractivity contribution >= 4 is 8.38 Å². The molecule has 0 N–H and O–H groups in total. The Bertz CT molecular complexity index is 277. The fourth-order valence-electron chi connectivity index (χ4n) is 1.13. The summed E-state index contributed by atoms with van der Waals surface area (Å²) in [6.07, 6.45) is 1.15. The minimum absolute atomic E-state index is 0.616. The molecule has 0 radical (unpaired) electrons. The van der Waals surface area contributed by atoms with Crippen LogP contribution in [0.25, 0.3) is 0 Å². The number of benzene rings is 1. The lowest BCUT2D eigenvalue weighted by molar-refractivity contribution is 0.217. The lowest BCUT2D eigenvalue weighted by atomic mass is 10.1.